The van der Waals surface area contributed by atoms with Gasteiger partial charge in [0.2, 0.25) is 0 Å². The first-order chi connectivity index (χ1) is 15.3. The number of ketones is 1. The van der Waals surface area contributed by atoms with Crippen LogP contribution in [0, 0.1) is 11.3 Å². The molecule has 2 aromatic rings. The molecular weight excluding hydrogens is 422 g/mol. The number of allylic oxidation sites excluding steroid dienone is 2. The molecule has 0 N–H and O–H groups in total. The van der Waals surface area contributed by atoms with Crippen molar-refractivity contribution in [1.82, 2.24) is 0 Å². The molecule has 0 saturated heterocycles. The van der Waals surface area contributed by atoms with Crippen molar-refractivity contribution in [2.45, 2.75) is 46.0 Å². The lowest BCUT2D eigenvalue weighted by Crippen LogP contribution is -2.39. The van der Waals surface area contributed by atoms with Crippen molar-refractivity contribution in [2.75, 3.05) is 6.61 Å². The zero-order valence-electron chi connectivity index (χ0n) is 18.7. The van der Waals surface area contributed by atoms with Gasteiger partial charge in [-0.05, 0) is 36.0 Å². The SMILES string of the molecule is CC1=NC2=C(C(=O)CC(C)(C)C2)[C@@H](c2ccccc2Cl)C1C(=O)OCCc1ccccc1. The number of esters is 1. The fourth-order valence-corrected chi connectivity index (χ4v) is 5.07. The van der Waals surface area contributed by atoms with Crippen LogP contribution in [0.1, 0.15) is 50.7 Å². The van der Waals surface area contributed by atoms with Gasteiger partial charge in [-0.1, -0.05) is 74.0 Å². The van der Waals surface area contributed by atoms with Gasteiger partial charge in [0, 0.05) is 40.8 Å². The number of carbonyl (C=O) groups excluding carboxylic acids is 2. The standard InChI is InChI=1S/C27H28ClNO3/c1-17-23(26(31)32-14-13-18-9-5-4-6-10-18)24(19-11-7-8-12-20(19)28)25-21(29-17)15-27(2,3)16-22(25)30/h4-12,23-24H,13-16H2,1-3H3/t23?,24-/m0/s1. The second kappa shape index (κ2) is 9.03. The summed E-state index contributed by atoms with van der Waals surface area (Å²) < 4.78 is 5.71. The summed E-state index contributed by atoms with van der Waals surface area (Å²) >= 11 is 6.57. The first-order valence-corrected chi connectivity index (χ1v) is 11.4. The van der Waals surface area contributed by atoms with Gasteiger partial charge in [-0.2, -0.15) is 0 Å². The fourth-order valence-electron chi connectivity index (χ4n) is 4.82. The maximum Gasteiger partial charge on any atom is 0.315 e. The Morgan fingerprint density at radius 1 is 1.09 bits per heavy atom. The lowest BCUT2D eigenvalue weighted by atomic mass is 9.67. The van der Waals surface area contributed by atoms with E-state index in [0.29, 0.717) is 35.6 Å². The maximum absolute atomic E-state index is 13.3. The average molecular weight is 450 g/mol. The second-order valence-corrected chi connectivity index (χ2v) is 9.84. The number of aliphatic imine (C=N–C) groups is 1. The average Bonchev–Trinajstić information content (AvgIpc) is 2.73. The van der Waals surface area contributed by atoms with Crippen LogP contribution in [0.4, 0.5) is 0 Å². The Balaban J connectivity index is 1.67. The predicted molar refractivity (Wildman–Crippen MR) is 127 cm³/mol. The van der Waals surface area contributed by atoms with Crippen LogP contribution in [0.15, 0.2) is 70.9 Å². The highest BCUT2D eigenvalue weighted by molar-refractivity contribution is 6.31. The zero-order chi connectivity index (χ0) is 22.9. The number of nitrogens with zero attached hydrogens (tertiary/aromatic N) is 1. The Kier molecular flexibility index (Phi) is 6.34. The van der Waals surface area contributed by atoms with Crippen molar-refractivity contribution < 1.29 is 14.3 Å². The largest absolute Gasteiger partial charge is 0.465 e. The number of hydrogen-bond donors (Lipinski definition) is 0. The molecule has 0 spiro atoms. The van der Waals surface area contributed by atoms with Gasteiger partial charge < -0.3 is 4.74 Å². The smallest absolute Gasteiger partial charge is 0.315 e. The maximum atomic E-state index is 13.3. The summed E-state index contributed by atoms with van der Waals surface area (Å²) in [6.45, 7) is 6.28. The number of halogens is 1. The van der Waals surface area contributed by atoms with E-state index in [1.807, 2.05) is 55.5 Å². The van der Waals surface area contributed by atoms with Gasteiger partial charge in [-0.3, -0.25) is 14.6 Å². The molecule has 2 aliphatic rings. The van der Waals surface area contributed by atoms with E-state index in [-0.39, 0.29) is 23.8 Å². The highest BCUT2D eigenvalue weighted by Gasteiger charge is 2.46. The van der Waals surface area contributed by atoms with Crippen LogP contribution in [0.2, 0.25) is 5.02 Å². The van der Waals surface area contributed by atoms with Crippen LogP contribution in [0.3, 0.4) is 0 Å². The molecule has 0 fully saturated rings. The third kappa shape index (κ3) is 4.56. The van der Waals surface area contributed by atoms with Crippen LogP contribution < -0.4 is 0 Å². The van der Waals surface area contributed by atoms with Crippen molar-refractivity contribution in [1.29, 1.82) is 0 Å². The Labute approximate surface area is 194 Å². The second-order valence-electron chi connectivity index (χ2n) is 9.43. The molecule has 0 bridgehead atoms. The molecule has 32 heavy (non-hydrogen) atoms. The lowest BCUT2D eigenvalue weighted by Gasteiger charge is -2.39. The van der Waals surface area contributed by atoms with Gasteiger partial charge in [-0.25, -0.2) is 0 Å². The Hall–Kier alpha value is -2.72. The minimum Gasteiger partial charge on any atom is -0.465 e. The van der Waals surface area contributed by atoms with Crippen molar-refractivity contribution in [2.24, 2.45) is 16.3 Å². The fraction of sp³-hybridized carbons (Fsp3) is 0.370. The van der Waals surface area contributed by atoms with Gasteiger partial charge in [0.15, 0.2) is 5.78 Å². The third-order valence-electron chi connectivity index (χ3n) is 6.27. The summed E-state index contributed by atoms with van der Waals surface area (Å²) in [7, 11) is 0. The van der Waals surface area contributed by atoms with Gasteiger partial charge in [0.1, 0.15) is 5.92 Å². The Bertz CT molecular complexity index is 1100. The van der Waals surface area contributed by atoms with Crippen molar-refractivity contribution in [3.8, 4) is 0 Å². The lowest BCUT2D eigenvalue weighted by molar-refractivity contribution is -0.146. The number of benzene rings is 2. The quantitative estimate of drug-likeness (QED) is 0.530. The van der Waals surface area contributed by atoms with E-state index in [1.165, 1.54) is 0 Å². The molecule has 4 nitrogen and oxygen atoms in total. The molecule has 1 aliphatic heterocycles. The number of carbonyl (C=O) groups is 2. The van der Waals surface area contributed by atoms with E-state index in [9.17, 15) is 9.59 Å². The van der Waals surface area contributed by atoms with Gasteiger partial charge in [0.25, 0.3) is 0 Å². The number of hydrogen-bond acceptors (Lipinski definition) is 4. The summed E-state index contributed by atoms with van der Waals surface area (Å²) in [4.78, 5) is 31.4. The summed E-state index contributed by atoms with van der Waals surface area (Å²) in [6.07, 6.45) is 1.76. The molecule has 2 atom stereocenters. The zero-order valence-corrected chi connectivity index (χ0v) is 19.5. The van der Waals surface area contributed by atoms with Gasteiger partial charge in [0.05, 0.1) is 6.61 Å². The molecule has 5 heteroatoms. The van der Waals surface area contributed by atoms with E-state index >= 15 is 0 Å². The normalized spacial score (nSPS) is 22.2. The minimum atomic E-state index is -0.672. The molecule has 166 valence electrons. The summed E-state index contributed by atoms with van der Waals surface area (Å²) in [5.74, 6) is -1.48. The third-order valence-corrected chi connectivity index (χ3v) is 6.62. The molecule has 0 amide bonds. The number of rotatable bonds is 5. The van der Waals surface area contributed by atoms with E-state index in [4.69, 9.17) is 21.3 Å². The highest BCUT2D eigenvalue weighted by atomic mass is 35.5. The number of ether oxygens (including phenoxy) is 1. The Morgan fingerprint density at radius 2 is 1.78 bits per heavy atom. The van der Waals surface area contributed by atoms with Crippen molar-refractivity contribution >= 4 is 29.1 Å². The molecular formula is C27H28ClNO3. The number of Topliss-reactive ketones (excluding diaryl/α,β-unsaturated/α-hetero) is 1. The predicted octanol–water partition coefficient (Wildman–Crippen LogP) is 5.94. The van der Waals surface area contributed by atoms with Crippen LogP contribution in [-0.4, -0.2) is 24.1 Å². The van der Waals surface area contributed by atoms with Crippen LogP contribution >= 0.6 is 11.6 Å². The van der Waals surface area contributed by atoms with Crippen LogP contribution in [-0.2, 0) is 20.7 Å². The summed E-state index contributed by atoms with van der Waals surface area (Å²) in [5, 5.41) is 0.541. The summed E-state index contributed by atoms with van der Waals surface area (Å²) in [5.41, 5.74) is 3.79. The molecule has 1 aliphatic carbocycles. The molecule has 0 radical (unpaired) electrons. The van der Waals surface area contributed by atoms with Crippen molar-refractivity contribution in [3.05, 3.63) is 82.0 Å². The van der Waals surface area contributed by atoms with Crippen molar-refractivity contribution in [3.63, 3.8) is 0 Å². The topological polar surface area (TPSA) is 55.7 Å². The van der Waals surface area contributed by atoms with Gasteiger partial charge in [-0.15, -0.1) is 0 Å². The molecule has 1 unspecified atom stereocenters. The molecule has 2 aromatic carbocycles. The monoisotopic (exact) mass is 449 g/mol. The van der Waals surface area contributed by atoms with E-state index in [2.05, 4.69) is 13.8 Å². The Morgan fingerprint density at radius 3 is 2.50 bits per heavy atom. The molecule has 4 rings (SSSR count). The molecule has 0 aromatic heterocycles. The van der Waals surface area contributed by atoms with Crippen LogP contribution in [0.25, 0.3) is 0 Å². The highest BCUT2D eigenvalue weighted by Crippen LogP contribution is 2.49. The van der Waals surface area contributed by atoms with E-state index < -0.39 is 11.8 Å². The molecule has 1 heterocycles. The van der Waals surface area contributed by atoms with E-state index in [1.54, 1.807) is 6.07 Å². The van der Waals surface area contributed by atoms with Crippen LogP contribution in [0.5, 0.6) is 0 Å². The van der Waals surface area contributed by atoms with E-state index in [0.717, 1.165) is 16.8 Å². The minimum absolute atomic E-state index is 0.0412. The molecule has 0 saturated carbocycles. The van der Waals surface area contributed by atoms with Gasteiger partial charge >= 0.3 is 5.97 Å². The first-order valence-electron chi connectivity index (χ1n) is 11.0. The summed E-state index contributed by atoms with van der Waals surface area (Å²) in [6, 6.07) is 17.3. The first kappa shape index (κ1) is 22.5.